The number of rotatable bonds is 5. The Bertz CT molecular complexity index is 555. The van der Waals surface area contributed by atoms with E-state index in [1.54, 1.807) is 16.4 Å². The third-order valence-corrected chi connectivity index (χ3v) is 2.78. The van der Waals surface area contributed by atoms with Crippen molar-refractivity contribution in [3.05, 3.63) is 29.6 Å². The van der Waals surface area contributed by atoms with Crippen LogP contribution in [0.1, 0.15) is 42.3 Å². The fourth-order valence-corrected chi connectivity index (χ4v) is 1.84. The minimum atomic E-state index is -0.129. The summed E-state index contributed by atoms with van der Waals surface area (Å²) in [5.74, 6) is 0.248. The number of carbonyl (C=O) groups excluding carboxylic acids is 1. The molecule has 96 valence electrons. The number of aromatic nitrogens is 5. The van der Waals surface area contributed by atoms with Gasteiger partial charge in [-0.25, -0.2) is 9.67 Å². The van der Waals surface area contributed by atoms with Gasteiger partial charge in [-0.05, 0) is 18.9 Å². The quantitative estimate of drug-likeness (QED) is 0.745. The summed E-state index contributed by atoms with van der Waals surface area (Å²) in [6.45, 7) is 4.74. The van der Waals surface area contributed by atoms with Crippen LogP contribution < -0.4 is 0 Å². The molecule has 0 aliphatic rings. The van der Waals surface area contributed by atoms with Crippen molar-refractivity contribution in [1.82, 2.24) is 24.5 Å². The number of hydrogen-bond donors (Lipinski definition) is 0. The second-order valence-corrected chi connectivity index (χ2v) is 4.13. The summed E-state index contributed by atoms with van der Waals surface area (Å²) in [7, 11) is 1.77. The molecule has 0 radical (unpaired) electrons. The zero-order valence-electron chi connectivity index (χ0n) is 10.9. The highest BCUT2D eigenvalue weighted by Gasteiger charge is 2.20. The molecule has 0 N–H and O–H groups in total. The van der Waals surface area contributed by atoms with Crippen molar-refractivity contribution in [2.24, 2.45) is 7.05 Å². The molecule has 0 aliphatic heterocycles. The van der Waals surface area contributed by atoms with E-state index in [1.807, 2.05) is 19.9 Å². The van der Waals surface area contributed by atoms with Gasteiger partial charge in [0.2, 0.25) is 11.6 Å². The Balaban J connectivity index is 2.35. The molecule has 0 fully saturated rings. The summed E-state index contributed by atoms with van der Waals surface area (Å²) in [6.07, 6.45) is 3.14. The predicted molar refractivity (Wildman–Crippen MR) is 66.3 cm³/mol. The molecule has 18 heavy (non-hydrogen) atoms. The van der Waals surface area contributed by atoms with E-state index >= 15 is 0 Å². The van der Waals surface area contributed by atoms with Crippen molar-refractivity contribution in [1.29, 1.82) is 0 Å². The molecule has 0 amide bonds. The van der Waals surface area contributed by atoms with Crippen molar-refractivity contribution in [2.45, 2.75) is 33.2 Å². The van der Waals surface area contributed by atoms with Crippen LogP contribution in [-0.2, 0) is 20.0 Å². The first kappa shape index (κ1) is 12.5. The van der Waals surface area contributed by atoms with Gasteiger partial charge in [0.15, 0.2) is 0 Å². The maximum Gasteiger partial charge on any atom is 0.247 e. The van der Waals surface area contributed by atoms with Crippen LogP contribution in [0.4, 0.5) is 0 Å². The Labute approximate surface area is 106 Å². The van der Waals surface area contributed by atoms with Gasteiger partial charge in [-0.15, -0.1) is 0 Å². The Kier molecular flexibility index (Phi) is 3.55. The summed E-state index contributed by atoms with van der Waals surface area (Å²) >= 11 is 0. The van der Waals surface area contributed by atoms with Crippen molar-refractivity contribution in [2.75, 3.05) is 0 Å². The molecule has 6 heteroatoms. The number of hydrogen-bond acceptors (Lipinski definition) is 4. The Morgan fingerprint density at radius 2 is 2.17 bits per heavy atom. The molecule has 0 bridgehead atoms. The number of ketones is 1. The normalized spacial score (nSPS) is 10.8. The predicted octanol–water partition coefficient (Wildman–Crippen LogP) is 1.22. The highest BCUT2D eigenvalue weighted by Crippen LogP contribution is 2.09. The molecule has 2 heterocycles. The first-order chi connectivity index (χ1) is 8.67. The van der Waals surface area contributed by atoms with E-state index in [2.05, 4.69) is 15.2 Å². The van der Waals surface area contributed by atoms with Crippen molar-refractivity contribution in [3.8, 4) is 0 Å². The molecule has 0 atom stereocenters. The topological polar surface area (TPSA) is 65.6 Å². The van der Waals surface area contributed by atoms with Crippen molar-refractivity contribution < 1.29 is 4.79 Å². The molecule has 0 aliphatic carbocycles. The third kappa shape index (κ3) is 2.18. The standard InChI is InChI=1S/C12H17N5O/c1-4-6-17-12(13-8-14-17)11(18)10-7-9(5-2)15-16(10)3/h7-8H,4-6H2,1-3H3. The lowest BCUT2D eigenvalue weighted by molar-refractivity contribution is 0.101. The van der Waals surface area contributed by atoms with Gasteiger partial charge in [-0.3, -0.25) is 9.48 Å². The summed E-state index contributed by atoms with van der Waals surface area (Å²) in [5, 5.41) is 8.34. The van der Waals surface area contributed by atoms with Crippen LogP contribution in [-0.4, -0.2) is 30.3 Å². The molecular weight excluding hydrogens is 230 g/mol. The molecular formula is C12H17N5O. The van der Waals surface area contributed by atoms with Crippen molar-refractivity contribution >= 4 is 5.78 Å². The van der Waals surface area contributed by atoms with Gasteiger partial charge in [0.1, 0.15) is 12.0 Å². The van der Waals surface area contributed by atoms with Gasteiger partial charge >= 0.3 is 0 Å². The van der Waals surface area contributed by atoms with Crippen LogP contribution in [0.15, 0.2) is 12.4 Å². The molecule has 0 aromatic carbocycles. The lowest BCUT2D eigenvalue weighted by Gasteiger charge is -2.03. The maximum atomic E-state index is 12.4. The monoisotopic (exact) mass is 247 g/mol. The molecule has 2 aromatic heterocycles. The Morgan fingerprint density at radius 3 is 2.78 bits per heavy atom. The molecule has 0 saturated heterocycles. The van der Waals surface area contributed by atoms with Crippen molar-refractivity contribution in [3.63, 3.8) is 0 Å². The average molecular weight is 247 g/mol. The molecule has 0 saturated carbocycles. The van der Waals surface area contributed by atoms with Gasteiger partial charge in [-0.1, -0.05) is 13.8 Å². The van der Waals surface area contributed by atoms with Gasteiger partial charge in [0.05, 0.1) is 5.69 Å². The van der Waals surface area contributed by atoms with E-state index in [0.29, 0.717) is 18.1 Å². The molecule has 0 unspecified atom stereocenters. The Hall–Kier alpha value is -1.98. The minimum absolute atomic E-state index is 0.129. The lowest BCUT2D eigenvalue weighted by atomic mass is 10.2. The average Bonchev–Trinajstić information content (AvgIpc) is 2.95. The highest BCUT2D eigenvalue weighted by atomic mass is 16.1. The molecule has 0 spiro atoms. The smallest absolute Gasteiger partial charge is 0.247 e. The van der Waals surface area contributed by atoms with E-state index in [1.165, 1.54) is 6.33 Å². The lowest BCUT2D eigenvalue weighted by Crippen LogP contribution is -2.15. The fraction of sp³-hybridized carbons (Fsp3) is 0.500. The van der Waals surface area contributed by atoms with Gasteiger partial charge in [0, 0.05) is 13.6 Å². The zero-order chi connectivity index (χ0) is 13.1. The van der Waals surface area contributed by atoms with Gasteiger partial charge < -0.3 is 0 Å². The molecule has 2 aromatic rings. The maximum absolute atomic E-state index is 12.4. The van der Waals surface area contributed by atoms with E-state index in [-0.39, 0.29) is 5.78 Å². The largest absolute Gasteiger partial charge is 0.283 e. The molecule has 6 nitrogen and oxygen atoms in total. The van der Waals surface area contributed by atoms with Crippen LogP contribution in [0.2, 0.25) is 0 Å². The highest BCUT2D eigenvalue weighted by molar-refractivity contribution is 6.05. The van der Waals surface area contributed by atoms with E-state index < -0.39 is 0 Å². The Morgan fingerprint density at radius 1 is 1.39 bits per heavy atom. The number of nitrogens with zero attached hydrogens (tertiary/aromatic N) is 5. The van der Waals surface area contributed by atoms with Crippen LogP contribution in [0.3, 0.4) is 0 Å². The second-order valence-electron chi connectivity index (χ2n) is 4.13. The van der Waals surface area contributed by atoms with Gasteiger partial charge in [0.25, 0.3) is 0 Å². The zero-order valence-corrected chi connectivity index (χ0v) is 10.9. The number of carbonyl (C=O) groups is 1. The summed E-state index contributed by atoms with van der Waals surface area (Å²) in [4.78, 5) is 16.4. The van der Waals surface area contributed by atoms with E-state index in [9.17, 15) is 4.79 Å². The van der Waals surface area contributed by atoms with E-state index in [0.717, 1.165) is 18.5 Å². The van der Waals surface area contributed by atoms with E-state index in [4.69, 9.17) is 0 Å². The third-order valence-electron chi connectivity index (χ3n) is 2.78. The molecule has 2 rings (SSSR count). The summed E-state index contributed by atoms with van der Waals surface area (Å²) in [5.41, 5.74) is 1.46. The SMILES string of the molecule is CCCn1ncnc1C(=O)c1cc(CC)nn1C. The summed E-state index contributed by atoms with van der Waals surface area (Å²) < 4.78 is 3.24. The van der Waals surface area contributed by atoms with Crippen LogP contribution in [0, 0.1) is 0 Å². The fourth-order valence-electron chi connectivity index (χ4n) is 1.84. The van der Waals surface area contributed by atoms with Crippen LogP contribution in [0.25, 0.3) is 0 Å². The van der Waals surface area contributed by atoms with Crippen LogP contribution in [0.5, 0.6) is 0 Å². The number of aryl methyl sites for hydroxylation is 3. The first-order valence-electron chi connectivity index (χ1n) is 6.12. The second kappa shape index (κ2) is 5.12. The summed E-state index contributed by atoms with van der Waals surface area (Å²) in [6, 6.07) is 1.81. The first-order valence-corrected chi connectivity index (χ1v) is 6.12. The van der Waals surface area contributed by atoms with Gasteiger partial charge in [-0.2, -0.15) is 10.2 Å². The minimum Gasteiger partial charge on any atom is -0.283 e. The van der Waals surface area contributed by atoms with Crippen LogP contribution >= 0.6 is 0 Å².